The number of aromatic amines is 2. The Kier molecular flexibility index (Phi) is 5.41. The van der Waals surface area contributed by atoms with E-state index in [9.17, 15) is 4.79 Å². The molecule has 1 unspecified atom stereocenters. The van der Waals surface area contributed by atoms with Crippen LogP contribution in [-0.2, 0) is 13.0 Å². The number of hydrogen-bond acceptors (Lipinski definition) is 3. The number of hydrogen-bond donors (Lipinski definition) is 3. The van der Waals surface area contributed by atoms with Crippen LogP contribution in [0.25, 0.3) is 0 Å². The highest BCUT2D eigenvalue weighted by atomic mass is 16.2. The van der Waals surface area contributed by atoms with Crippen molar-refractivity contribution in [2.24, 2.45) is 0 Å². The topological polar surface area (TPSA) is 89.7 Å². The summed E-state index contributed by atoms with van der Waals surface area (Å²) in [6.45, 7) is 8.48. The molecule has 0 aliphatic carbocycles. The first-order valence-corrected chi connectivity index (χ1v) is 7.98. The van der Waals surface area contributed by atoms with Gasteiger partial charge in [0, 0.05) is 18.3 Å². The molecule has 0 aliphatic heterocycles. The van der Waals surface area contributed by atoms with Gasteiger partial charge in [-0.2, -0.15) is 10.2 Å². The first-order valence-electron chi connectivity index (χ1n) is 7.98. The first-order chi connectivity index (χ1) is 10.9. The van der Waals surface area contributed by atoms with Crippen LogP contribution < -0.4 is 5.32 Å². The maximum Gasteiger partial charge on any atom is 0.317 e. The highest BCUT2D eigenvalue weighted by Crippen LogP contribution is 2.19. The van der Waals surface area contributed by atoms with Gasteiger partial charge in [0.25, 0.3) is 0 Å². The average Bonchev–Trinajstić information content (AvgIpc) is 3.06. The summed E-state index contributed by atoms with van der Waals surface area (Å²) < 4.78 is 0. The van der Waals surface area contributed by atoms with E-state index in [2.05, 4.69) is 32.6 Å². The van der Waals surface area contributed by atoms with Gasteiger partial charge in [-0.05, 0) is 33.3 Å². The molecule has 1 atom stereocenters. The number of aryl methyl sites for hydroxylation is 3. The number of urea groups is 1. The van der Waals surface area contributed by atoms with Crippen LogP contribution in [0.4, 0.5) is 4.79 Å². The van der Waals surface area contributed by atoms with Crippen molar-refractivity contribution in [3.05, 3.63) is 34.4 Å². The van der Waals surface area contributed by atoms with Gasteiger partial charge in [-0.3, -0.25) is 10.2 Å². The molecule has 126 valence electrons. The molecule has 0 aromatic carbocycles. The van der Waals surface area contributed by atoms with Gasteiger partial charge in [0.15, 0.2) is 0 Å². The Morgan fingerprint density at radius 2 is 2.09 bits per heavy atom. The van der Waals surface area contributed by atoms with Crippen LogP contribution >= 0.6 is 0 Å². The Hall–Kier alpha value is -2.31. The lowest BCUT2D eigenvalue weighted by Gasteiger charge is -2.21. The molecule has 0 bridgehead atoms. The Bertz CT molecular complexity index is 640. The molecule has 0 spiro atoms. The summed E-state index contributed by atoms with van der Waals surface area (Å²) in [5.41, 5.74) is 4.91. The molecule has 2 aromatic rings. The molecular weight excluding hydrogens is 292 g/mol. The van der Waals surface area contributed by atoms with Crippen molar-refractivity contribution in [3.63, 3.8) is 0 Å². The number of carbonyl (C=O) groups is 1. The van der Waals surface area contributed by atoms with E-state index in [1.165, 1.54) is 0 Å². The summed E-state index contributed by atoms with van der Waals surface area (Å²) >= 11 is 0. The van der Waals surface area contributed by atoms with Crippen molar-refractivity contribution >= 4 is 6.03 Å². The van der Waals surface area contributed by atoms with Crippen LogP contribution in [-0.4, -0.2) is 38.4 Å². The normalized spacial score (nSPS) is 12.2. The number of H-pyrrole nitrogens is 2. The second kappa shape index (κ2) is 7.30. The number of aromatic nitrogens is 4. The lowest BCUT2D eigenvalue weighted by molar-refractivity contribution is 0.203. The third-order valence-electron chi connectivity index (χ3n) is 3.90. The molecule has 2 heterocycles. The molecule has 7 nitrogen and oxygen atoms in total. The predicted octanol–water partition coefficient (Wildman–Crippen LogP) is 2.60. The molecule has 23 heavy (non-hydrogen) atoms. The summed E-state index contributed by atoms with van der Waals surface area (Å²) in [6.07, 6.45) is 2.00. The fourth-order valence-corrected chi connectivity index (χ4v) is 2.77. The van der Waals surface area contributed by atoms with E-state index in [0.717, 1.165) is 41.2 Å². The van der Waals surface area contributed by atoms with Crippen molar-refractivity contribution < 1.29 is 4.79 Å². The molecule has 0 saturated carbocycles. The highest BCUT2D eigenvalue weighted by molar-refractivity contribution is 5.74. The zero-order chi connectivity index (χ0) is 17.0. The largest absolute Gasteiger partial charge is 0.331 e. The lowest BCUT2D eigenvalue weighted by Crippen LogP contribution is -2.38. The van der Waals surface area contributed by atoms with Crippen molar-refractivity contribution in [1.29, 1.82) is 0 Å². The Balaban J connectivity index is 1.94. The number of rotatable bonds is 6. The molecule has 0 radical (unpaired) electrons. The molecule has 0 aliphatic rings. The van der Waals surface area contributed by atoms with E-state index in [4.69, 9.17) is 0 Å². The van der Waals surface area contributed by atoms with Gasteiger partial charge in [-0.25, -0.2) is 4.79 Å². The Morgan fingerprint density at radius 1 is 1.35 bits per heavy atom. The number of nitrogens with zero attached hydrogens (tertiary/aromatic N) is 3. The molecule has 3 N–H and O–H groups in total. The van der Waals surface area contributed by atoms with E-state index in [-0.39, 0.29) is 12.1 Å². The quantitative estimate of drug-likeness (QED) is 0.764. The zero-order valence-electron chi connectivity index (χ0n) is 14.5. The Morgan fingerprint density at radius 3 is 2.70 bits per heavy atom. The molecule has 0 fully saturated rings. The number of nitrogens with one attached hydrogen (secondary N) is 3. The van der Waals surface area contributed by atoms with Gasteiger partial charge >= 0.3 is 6.03 Å². The van der Waals surface area contributed by atoms with Gasteiger partial charge in [0.05, 0.1) is 29.7 Å². The van der Waals surface area contributed by atoms with E-state index in [1.54, 1.807) is 11.9 Å². The third-order valence-corrected chi connectivity index (χ3v) is 3.90. The van der Waals surface area contributed by atoms with Gasteiger partial charge < -0.3 is 10.2 Å². The molecule has 7 heteroatoms. The minimum atomic E-state index is -0.121. The van der Waals surface area contributed by atoms with Gasteiger partial charge in [0.1, 0.15) is 0 Å². The van der Waals surface area contributed by atoms with Crippen molar-refractivity contribution in [2.75, 3.05) is 7.05 Å². The number of amides is 2. The SMILES string of the molecule is CCCc1cc(CN(C)C(=O)NC(C)c2c(C)n[nH]c2C)[nH]n1. The summed E-state index contributed by atoms with van der Waals surface area (Å²) in [6, 6.07) is 1.80. The van der Waals surface area contributed by atoms with E-state index >= 15 is 0 Å². The van der Waals surface area contributed by atoms with Gasteiger partial charge in [-0.1, -0.05) is 13.3 Å². The Labute approximate surface area is 136 Å². The second-order valence-electron chi connectivity index (χ2n) is 6.01. The van der Waals surface area contributed by atoms with E-state index < -0.39 is 0 Å². The van der Waals surface area contributed by atoms with Crippen LogP contribution in [0.1, 0.15) is 54.6 Å². The van der Waals surface area contributed by atoms with Crippen LogP contribution in [0.5, 0.6) is 0 Å². The first kappa shape index (κ1) is 17.1. The second-order valence-corrected chi connectivity index (χ2v) is 6.01. The standard InChI is InChI=1S/C16H26N6O/c1-6-7-13-8-14(21-20-13)9-22(5)16(23)17-10(2)15-11(3)18-19-12(15)4/h8,10H,6-7,9H2,1-5H3,(H,17,23)(H,18,19)(H,20,21). The van der Waals surface area contributed by atoms with Gasteiger partial charge in [0.2, 0.25) is 0 Å². The van der Waals surface area contributed by atoms with E-state index in [1.807, 2.05) is 26.8 Å². The third kappa shape index (κ3) is 4.12. The number of carbonyl (C=O) groups excluding carboxylic acids is 1. The summed E-state index contributed by atoms with van der Waals surface area (Å²) in [4.78, 5) is 14.0. The summed E-state index contributed by atoms with van der Waals surface area (Å²) in [7, 11) is 1.78. The molecule has 2 aromatic heterocycles. The predicted molar refractivity (Wildman–Crippen MR) is 89.1 cm³/mol. The van der Waals surface area contributed by atoms with Crippen molar-refractivity contribution in [1.82, 2.24) is 30.6 Å². The molecule has 2 amide bonds. The fraction of sp³-hybridized carbons (Fsp3) is 0.562. The van der Waals surface area contributed by atoms with Crippen LogP contribution in [0.2, 0.25) is 0 Å². The molecule has 2 rings (SSSR count). The van der Waals surface area contributed by atoms with E-state index in [0.29, 0.717) is 6.54 Å². The summed E-state index contributed by atoms with van der Waals surface area (Å²) in [5.74, 6) is 0. The fourth-order valence-electron chi connectivity index (χ4n) is 2.77. The average molecular weight is 318 g/mol. The maximum absolute atomic E-state index is 12.4. The van der Waals surface area contributed by atoms with Crippen molar-refractivity contribution in [3.8, 4) is 0 Å². The maximum atomic E-state index is 12.4. The lowest BCUT2D eigenvalue weighted by atomic mass is 10.1. The van der Waals surface area contributed by atoms with Gasteiger partial charge in [-0.15, -0.1) is 0 Å². The zero-order valence-corrected chi connectivity index (χ0v) is 14.5. The molecule has 0 saturated heterocycles. The van der Waals surface area contributed by atoms with Crippen LogP contribution in [0, 0.1) is 13.8 Å². The summed E-state index contributed by atoms with van der Waals surface area (Å²) in [5, 5.41) is 17.4. The van der Waals surface area contributed by atoms with Crippen LogP contribution in [0.3, 0.4) is 0 Å². The minimum absolute atomic E-state index is 0.0962. The molecular formula is C16H26N6O. The highest BCUT2D eigenvalue weighted by Gasteiger charge is 2.18. The van der Waals surface area contributed by atoms with Crippen molar-refractivity contribution in [2.45, 2.75) is 53.1 Å². The van der Waals surface area contributed by atoms with Crippen LogP contribution in [0.15, 0.2) is 6.07 Å². The smallest absolute Gasteiger partial charge is 0.317 e. The minimum Gasteiger partial charge on any atom is -0.331 e. The monoisotopic (exact) mass is 318 g/mol.